The van der Waals surface area contributed by atoms with E-state index in [4.69, 9.17) is 9.47 Å². The van der Waals surface area contributed by atoms with Crippen LogP contribution in [0.15, 0.2) is 46.8 Å². The molecule has 2 aromatic heterocycles. The van der Waals surface area contributed by atoms with Crippen LogP contribution >= 0.6 is 11.3 Å². The molecule has 2 heterocycles. The fourth-order valence-electron chi connectivity index (χ4n) is 2.41. The Kier molecular flexibility index (Phi) is 6.35. The first kappa shape index (κ1) is 20.2. The number of hydrogen-bond donors (Lipinski definition) is 1. The number of rotatable bonds is 7. The highest BCUT2D eigenvalue weighted by Crippen LogP contribution is 2.19. The number of esters is 1. The van der Waals surface area contributed by atoms with E-state index in [1.54, 1.807) is 38.3 Å². The predicted molar refractivity (Wildman–Crippen MR) is 107 cm³/mol. The summed E-state index contributed by atoms with van der Waals surface area (Å²) in [5, 5.41) is 4.29. The highest BCUT2D eigenvalue weighted by atomic mass is 32.1. The molecule has 0 fully saturated rings. The van der Waals surface area contributed by atoms with Crippen molar-refractivity contribution in [3.63, 3.8) is 0 Å². The number of carbonyl (C=O) groups is 2. The Balaban J connectivity index is 1.66. The molecule has 0 bridgehead atoms. The lowest BCUT2D eigenvalue weighted by Crippen LogP contribution is -2.27. The summed E-state index contributed by atoms with van der Waals surface area (Å²) in [5.74, 6) is -0.318. The van der Waals surface area contributed by atoms with Gasteiger partial charge in [0.15, 0.2) is 10.8 Å². The minimum atomic E-state index is -0.557. The Morgan fingerprint density at radius 1 is 1.24 bits per heavy atom. The van der Waals surface area contributed by atoms with Crippen LogP contribution in [0.5, 0.6) is 5.75 Å². The molecule has 0 saturated carbocycles. The Bertz CT molecular complexity index is 1070. The van der Waals surface area contributed by atoms with E-state index < -0.39 is 11.9 Å². The summed E-state index contributed by atoms with van der Waals surface area (Å²) in [7, 11) is 1.57. The number of methoxy groups -OCH3 is 1. The van der Waals surface area contributed by atoms with Crippen molar-refractivity contribution in [1.82, 2.24) is 14.5 Å². The van der Waals surface area contributed by atoms with Gasteiger partial charge in [0.1, 0.15) is 12.3 Å². The van der Waals surface area contributed by atoms with Crippen molar-refractivity contribution in [2.75, 3.05) is 19.0 Å². The summed E-state index contributed by atoms with van der Waals surface area (Å²) in [5.41, 5.74) is 1.00. The van der Waals surface area contributed by atoms with E-state index in [1.165, 1.54) is 22.3 Å². The maximum atomic E-state index is 12.3. The third-order valence-corrected chi connectivity index (χ3v) is 4.57. The molecule has 0 radical (unpaired) electrons. The maximum Gasteiger partial charge on any atom is 0.357 e. The van der Waals surface area contributed by atoms with Gasteiger partial charge in [0.2, 0.25) is 5.91 Å². The number of ether oxygens (including phenoxy) is 2. The van der Waals surface area contributed by atoms with Crippen LogP contribution in [-0.2, 0) is 16.1 Å². The SMILES string of the molecule is CCOC(=O)c1csc(NC(=O)Cn2cnc(-c3ccc(OC)cc3)cc2=O)n1. The minimum Gasteiger partial charge on any atom is -0.497 e. The fraction of sp³-hybridized carbons (Fsp3) is 0.211. The van der Waals surface area contributed by atoms with Crippen LogP contribution in [0.2, 0.25) is 0 Å². The number of thiazole rings is 1. The highest BCUT2D eigenvalue weighted by molar-refractivity contribution is 7.14. The molecule has 0 aliphatic rings. The molecule has 0 saturated heterocycles. The van der Waals surface area contributed by atoms with Gasteiger partial charge in [-0.1, -0.05) is 0 Å². The monoisotopic (exact) mass is 414 g/mol. The van der Waals surface area contributed by atoms with E-state index in [2.05, 4.69) is 15.3 Å². The topological polar surface area (TPSA) is 112 Å². The molecular formula is C19H18N4O5S. The Morgan fingerprint density at radius 2 is 2.00 bits per heavy atom. The van der Waals surface area contributed by atoms with Gasteiger partial charge in [0.25, 0.3) is 5.56 Å². The molecule has 0 aliphatic carbocycles. The van der Waals surface area contributed by atoms with Gasteiger partial charge >= 0.3 is 5.97 Å². The van der Waals surface area contributed by atoms with Crippen LogP contribution in [0.1, 0.15) is 17.4 Å². The number of hydrogen-bond acceptors (Lipinski definition) is 8. The number of nitrogens with zero attached hydrogens (tertiary/aromatic N) is 3. The molecular weight excluding hydrogens is 396 g/mol. The van der Waals surface area contributed by atoms with Gasteiger partial charge in [-0.15, -0.1) is 11.3 Å². The minimum absolute atomic E-state index is 0.120. The highest BCUT2D eigenvalue weighted by Gasteiger charge is 2.14. The molecule has 150 valence electrons. The molecule has 0 aliphatic heterocycles. The molecule has 0 spiro atoms. The quantitative estimate of drug-likeness (QED) is 0.590. The summed E-state index contributed by atoms with van der Waals surface area (Å²) < 4.78 is 11.1. The van der Waals surface area contributed by atoms with E-state index in [0.29, 0.717) is 11.4 Å². The number of aromatic nitrogens is 3. The van der Waals surface area contributed by atoms with Crippen molar-refractivity contribution >= 4 is 28.3 Å². The molecule has 0 atom stereocenters. The summed E-state index contributed by atoms with van der Waals surface area (Å²) >= 11 is 1.09. The molecule has 3 rings (SSSR count). The van der Waals surface area contributed by atoms with Crippen molar-refractivity contribution < 1.29 is 19.1 Å². The van der Waals surface area contributed by atoms with Gasteiger partial charge in [-0.3, -0.25) is 14.2 Å². The van der Waals surface area contributed by atoms with Gasteiger partial charge < -0.3 is 14.8 Å². The lowest BCUT2D eigenvalue weighted by molar-refractivity contribution is -0.116. The second-order valence-electron chi connectivity index (χ2n) is 5.78. The molecule has 1 amide bonds. The largest absolute Gasteiger partial charge is 0.497 e. The zero-order valence-electron chi connectivity index (χ0n) is 15.7. The van der Waals surface area contributed by atoms with Crippen molar-refractivity contribution in [1.29, 1.82) is 0 Å². The Hall–Kier alpha value is -3.53. The van der Waals surface area contributed by atoms with Gasteiger partial charge in [-0.05, 0) is 31.2 Å². The molecule has 10 heteroatoms. The second-order valence-corrected chi connectivity index (χ2v) is 6.63. The number of benzene rings is 1. The summed E-state index contributed by atoms with van der Waals surface area (Å²) in [6.07, 6.45) is 1.31. The van der Waals surface area contributed by atoms with E-state index in [-0.39, 0.29) is 29.5 Å². The van der Waals surface area contributed by atoms with Crippen LogP contribution in [0.3, 0.4) is 0 Å². The van der Waals surface area contributed by atoms with Crippen LogP contribution in [0.25, 0.3) is 11.3 Å². The molecule has 1 N–H and O–H groups in total. The third kappa shape index (κ3) is 5.05. The van der Waals surface area contributed by atoms with Gasteiger partial charge in [0.05, 0.1) is 25.7 Å². The number of amides is 1. The van der Waals surface area contributed by atoms with Crippen molar-refractivity contribution in [2.24, 2.45) is 0 Å². The van der Waals surface area contributed by atoms with Crippen LogP contribution in [0.4, 0.5) is 5.13 Å². The van der Waals surface area contributed by atoms with Crippen molar-refractivity contribution in [2.45, 2.75) is 13.5 Å². The predicted octanol–water partition coefficient (Wildman–Crippen LogP) is 2.19. The average molecular weight is 414 g/mol. The number of anilines is 1. The summed E-state index contributed by atoms with van der Waals surface area (Å²) in [4.78, 5) is 44.4. The number of carbonyl (C=O) groups excluding carboxylic acids is 2. The fourth-order valence-corrected chi connectivity index (χ4v) is 3.10. The lowest BCUT2D eigenvalue weighted by Gasteiger charge is -2.07. The van der Waals surface area contributed by atoms with E-state index in [1.807, 2.05) is 0 Å². The van der Waals surface area contributed by atoms with Crippen LogP contribution in [-0.4, -0.2) is 40.1 Å². The smallest absolute Gasteiger partial charge is 0.357 e. The first-order chi connectivity index (χ1) is 14.0. The first-order valence-corrected chi connectivity index (χ1v) is 9.51. The van der Waals surface area contributed by atoms with E-state index >= 15 is 0 Å². The van der Waals surface area contributed by atoms with Gasteiger partial charge in [-0.2, -0.15) is 0 Å². The summed E-state index contributed by atoms with van der Waals surface area (Å²) in [6, 6.07) is 8.49. The maximum absolute atomic E-state index is 12.3. The third-order valence-electron chi connectivity index (χ3n) is 3.81. The normalized spacial score (nSPS) is 10.4. The first-order valence-electron chi connectivity index (χ1n) is 8.63. The standard InChI is InChI=1S/C19H18N4O5S/c1-3-28-18(26)15-10-29-19(21-15)22-16(24)9-23-11-20-14(8-17(23)25)12-4-6-13(27-2)7-5-12/h4-8,10-11H,3,9H2,1-2H3,(H,21,22,24). The van der Waals surface area contributed by atoms with Gasteiger partial charge in [0, 0.05) is 17.0 Å². The van der Waals surface area contributed by atoms with Crippen molar-refractivity contribution in [3.8, 4) is 17.0 Å². The summed E-state index contributed by atoms with van der Waals surface area (Å²) in [6.45, 7) is 1.70. The molecule has 1 aromatic carbocycles. The number of nitrogens with one attached hydrogen (secondary N) is 1. The van der Waals surface area contributed by atoms with Crippen LogP contribution < -0.4 is 15.6 Å². The van der Waals surface area contributed by atoms with Gasteiger partial charge in [-0.25, -0.2) is 14.8 Å². The molecule has 9 nitrogen and oxygen atoms in total. The van der Waals surface area contributed by atoms with Crippen LogP contribution in [0, 0.1) is 0 Å². The Labute approximate surface area is 170 Å². The Morgan fingerprint density at radius 3 is 2.66 bits per heavy atom. The zero-order chi connectivity index (χ0) is 20.8. The van der Waals surface area contributed by atoms with E-state index in [0.717, 1.165) is 16.9 Å². The average Bonchev–Trinajstić information content (AvgIpc) is 3.18. The molecule has 0 unspecified atom stereocenters. The van der Waals surface area contributed by atoms with E-state index in [9.17, 15) is 14.4 Å². The van der Waals surface area contributed by atoms with Crippen molar-refractivity contribution in [3.05, 3.63) is 58.1 Å². The second kappa shape index (κ2) is 9.11. The molecule has 3 aromatic rings. The lowest BCUT2D eigenvalue weighted by atomic mass is 10.1. The zero-order valence-corrected chi connectivity index (χ0v) is 16.6. The molecule has 29 heavy (non-hydrogen) atoms.